The zero-order valence-corrected chi connectivity index (χ0v) is 18.2. The van der Waals surface area contributed by atoms with Crippen LogP contribution in [0.3, 0.4) is 0 Å². The topological polar surface area (TPSA) is 61.8 Å². The normalized spacial score (nSPS) is 19.4. The molecule has 5 rings (SSSR count). The van der Waals surface area contributed by atoms with Crippen LogP contribution < -0.4 is 14.5 Å². The number of piperazine rings is 1. The van der Waals surface area contributed by atoms with Gasteiger partial charge in [0, 0.05) is 63.4 Å². The Morgan fingerprint density at radius 2 is 1.69 bits per heavy atom. The van der Waals surface area contributed by atoms with Crippen LogP contribution >= 0.6 is 0 Å². The lowest BCUT2D eigenvalue weighted by atomic mass is 10.1. The predicted octanol–water partition coefficient (Wildman–Crippen LogP) is 3.08. The predicted molar refractivity (Wildman–Crippen MR) is 125 cm³/mol. The Bertz CT molecular complexity index is 1070. The summed E-state index contributed by atoms with van der Waals surface area (Å²) in [6.07, 6.45) is 5.45. The highest BCUT2D eigenvalue weighted by molar-refractivity contribution is 5.99. The van der Waals surface area contributed by atoms with Crippen LogP contribution in [0.1, 0.15) is 6.42 Å². The highest BCUT2D eigenvalue weighted by atomic mass is 16.5. The standard InChI is InChI=1S/C25H27N5O2/c1-28-14-16-29(17-15-28)22-5-3-12-27-24(22)32-23-10-13-30(25(23)31)21-8-6-19(7-9-21)20-4-2-11-26-18-20/h2-9,11-12,18,23H,10,13-17H2,1H3. The molecule has 1 aromatic carbocycles. The molecule has 4 heterocycles. The molecule has 0 aliphatic carbocycles. The first-order valence-corrected chi connectivity index (χ1v) is 11.1. The highest BCUT2D eigenvalue weighted by Gasteiger charge is 2.35. The van der Waals surface area contributed by atoms with E-state index in [0.29, 0.717) is 18.8 Å². The second-order valence-corrected chi connectivity index (χ2v) is 8.29. The number of carbonyl (C=O) groups is 1. The Labute approximate surface area is 188 Å². The Morgan fingerprint density at radius 1 is 0.906 bits per heavy atom. The third kappa shape index (κ3) is 4.16. The van der Waals surface area contributed by atoms with Crippen LogP contribution in [0.25, 0.3) is 11.1 Å². The summed E-state index contributed by atoms with van der Waals surface area (Å²) in [5, 5.41) is 0. The summed E-state index contributed by atoms with van der Waals surface area (Å²) in [5.74, 6) is 0.526. The number of benzene rings is 1. The molecule has 0 N–H and O–H groups in total. The molecular weight excluding hydrogens is 402 g/mol. The van der Waals surface area contributed by atoms with Crippen LogP contribution in [0.15, 0.2) is 67.1 Å². The molecule has 2 aliphatic heterocycles. The summed E-state index contributed by atoms with van der Waals surface area (Å²) in [6, 6.07) is 15.9. The number of likely N-dealkylation sites (N-methyl/N-ethyl adjacent to an activating group) is 1. The Kier molecular flexibility index (Phi) is 5.73. The van der Waals surface area contributed by atoms with E-state index in [1.807, 2.05) is 54.7 Å². The van der Waals surface area contributed by atoms with Crippen molar-refractivity contribution in [2.24, 2.45) is 0 Å². The third-order valence-electron chi connectivity index (χ3n) is 6.18. The lowest BCUT2D eigenvalue weighted by molar-refractivity contribution is -0.123. The van der Waals surface area contributed by atoms with Crippen molar-refractivity contribution in [1.29, 1.82) is 0 Å². The van der Waals surface area contributed by atoms with Gasteiger partial charge in [-0.15, -0.1) is 0 Å². The number of anilines is 2. The van der Waals surface area contributed by atoms with Crippen molar-refractivity contribution < 1.29 is 9.53 Å². The fourth-order valence-electron chi connectivity index (χ4n) is 4.28. The van der Waals surface area contributed by atoms with Gasteiger partial charge < -0.3 is 19.4 Å². The van der Waals surface area contributed by atoms with Gasteiger partial charge in [-0.3, -0.25) is 9.78 Å². The number of ether oxygens (including phenoxy) is 1. The Balaban J connectivity index is 1.29. The Morgan fingerprint density at radius 3 is 2.44 bits per heavy atom. The second kappa shape index (κ2) is 8.96. The van der Waals surface area contributed by atoms with Crippen molar-refractivity contribution in [1.82, 2.24) is 14.9 Å². The quantitative estimate of drug-likeness (QED) is 0.621. The van der Waals surface area contributed by atoms with Crippen molar-refractivity contribution >= 4 is 17.3 Å². The maximum Gasteiger partial charge on any atom is 0.268 e. The van der Waals surface area contributed by atoms with Gasteiger partial charge in [-0.2, -0.15) is 0 Å². The molecule has 0 bridgehead atoms. The van der Waals surface area contributed by atoms with E-state index in [-0.39, 0.29) is 5.91 Å². The maximum atomic E-state index is 13.1. The molecule has 2 fully saturated rings. The van der Waals surface area contributed by atoms with Crippen LogP contribution in [0.4, 0.5) is 11.4 Å². The molecule has 2 aromatic heterocycles. The zero-order valence-electron chi connectivity index (χ0n) is 18.2. The van der Waals surface area contributed by atoms with Crippen LogP contribution in [-0.4, -0.2) is 66.7 Å². The third-order valence-corrected chi connectivity index (χ3v) is 6.18. The lowest BCUT2D eigenvalue weighted by Gasteiger charge is -2.34. The summed E-state index contributed by atoms with van der Waals surface area (Å²) >= 11 is 0. The fraction of sp³-hybridized carbons (Fsp3) is 0.320. The molecule has 0 radical (unpaired) electrons. The van der Waals surface area contributed by atoms with Crippen molar-refractivity contribution in [3.63, 3.8) is 0 Å². The van der Waals surface area contributed by atoms with Gasteiger partial charge in [-0.05, 0) is 48.5 Å². The fourth-order valence-corrected chi connectivity index (χ4v) is 4.28. The SMILES string of the molecule is CN1CCN(c2cccnc2OC2CCN(c3ccc(-c4cccnc4)cc3)C2=O)CC1. The number of pyridine rings is 2. The number of amides is 1. The lowest BCUT2D eigenvalue weighted by Crippen LogP contribution is -2.44. The van der Waals surface area contributed by atoms with Gasteiger partial charge >= 0.3 is 0 Å². The summed E-state index contributed by atoms with van der Waals surface area (Å²) in [6.45, 7) is 4.48. The van der Waals surface area contributed by atoms with E-state index in [0.717, 1.165) is 48.7 Å². The second-order valence-electron chi connectivity index (χ2n) is 8.29. The van der Waals surface area contributed by atoms with E-state index in [4.69, 9.17) is 4.74 Å². The molecular formula is C25H27N5O2. The smallest absolute Gasteiger partial charge is 0.268 e. The van der Waals surface area contributed by atoms with Crippen LogP contribution in [-0.2, 0) is 4.79 Å². The van der Waals surface area contributed by atoms with Crippen LogP contribution in [0.5, 0.6) is 5.88 Å². The monoisotopic (exact) mass is 429 g/mol. The number of hydrogen-bond donors (Lipinski definition) is 0. The molecule has 2 saturated heterocycles. The van der Waals surface area contributed by atoms with Gasteiger partial charge in [0.2, 0.25) is 5.88 Å². The van der Waals surface area contributed by atoms with Gasteiger partial charge in [0.25, 0.3) is 5.91 Å². The van der Waals surface area contributed by atoms with Gasteiger partial charge in [-0.25, -0.2) is 4.98 Å². The minimum Gasteiger partial charge on any atom is -0.463 e. The van der Waals surface area contributed by atoms with Gasteiger partial charge in [-0.1, -0.05) is 18.2 Å². The number of carbonyl (C=O) groups excluding carboxylic acids is 1. The minimum atomic E-state index is -0.519. The average Bonchev–Trinajstić information content (AvgIpc) is 3.20. The van der Waals surface area contributed by atoms with E-state index in [9.17, 15) is 4.79 Å². The minimum absolute atomic E-state index is 0.0193. The molecule has 0 saturated carbocycles. The summed E-state index contributed by atoms with van der Waals surface area (Å²) in [5.41, 5.74) is 3.98. The van der Waals surface area contributed by atoms with E-state index < -0.39 is 6.10 Å². The Hall–Kier alpha value is -3.45. The number of aromatic nitrogens is 2. The molecule has 0 spiro atoms. The first-order chi connectivity index (χ1) is 15.7. The van der Waals surface area contributed by atoms with Crippen molar-refractivity contribution in [3.05, 3.63) is 67.1 Å². The molecule has 1 unspecified atom stereocenters. The van der Waals surface area contributed by atoms with Gasteiger partial charge in [0.15, 0.2) is 6.10 Å². The number of nitrogens with zero attached hydrogens (tertiary/aromatic N) is 5. The van der Waals surface area contributed by atoms with Crippen LogP contribution in [0.2, 0.25) is 0 Å². The van der Waals surface area contributed by atoms with Crippen molar-refractivity contribution in [3.8, 4) is 17.0 Å². The van der Waals surface area contributed by atoms with E-state index in [1.165, 1.54) is 0 Å². The largest absolute Gasteiger partial charge is 0.463 e. The highest BCUT2D eigenvalue weighted by Crippen LogP contribution is 2.31. The first-order valence-electron chi connectivity index (χ1n) is 11.1. The molecule has 7 heteroatoms. The van der Waals surface area contributed by atoms with Crippen molar-refractivity contribution in [2.45, 2.75) is 12.5 Å². The zero-order chi connectivity index (χ0) is 21.9. The first kappa shape index (κ1) is 20.5. The van der Waals surface area contributed by atoms with E-state index >= 15 is 0 Å². The summed E-state index contributed by atoms with van der Waals surface area (Å²) in [7, 11) is 2.13. The summed E-state index contributed by atoms with van der Waals surface area (Å²) < 4.78 is 6.18. The van der Waals surface area contributed by atoms with Gasteiger partial charge in [0.05, 0.1) is 5.69 Å². The molecule has 1 amide bonds. The average molecular weight is 430 g/mol. The number of rotatable bonds is 5. The molecule has 3 aromatic rings. The summed E-state index contributed by atoms with van der Waals surface area (Å²) in [4.78, 5) is 28.2. The molecule has 1 atom stereocenters. The molecule has 32 heavy (non-hydrogen) atoms. The molecule has 7 nitrogen and oxygen atoms in total. The molecule has 164 valence electrons. The number of hydrogen-bond acceptors (Lipinski definition) is 6. The van der Waals surface area contributed by atoms with E-state index in [1.54, 1.807) is 17.3 Å². The van der Waals surface area contributed by atoms with Crippen molar-refractivity contribution in [2.75, 3.05) is 49.6 Å². The van der Waals surface area contributed by atoms with Crippen LogP contribution in [0, 0.1) is 0 Å². The molecule has 2 aliphatic rings. The van der Waals surface area contributed by atoms with Gasteiger partial charge in [0.1, 0.15) is 0 Å². The van der Waals surface area contributed by atoms with E-state index in [2.05, 4.69) is 26.8 Å². The maximum absolute atomic E-state index is 13.1.